The van der Waals surface area contributed by atoms with Crippen molar-refractivity contribution >= 4 is 44.9 Å². The second kappa shape index (κ2) is 11.9. The molecule has 0 unspecified atom stereocenters. The summed E-state index contributed by atoms with van der Waals surface area (Å²) >= 11 is 4.44. The van der Waals surface area contributed by atoms with Crippen LogP contribution in [0.3, 0.4) is 0 Å². The Morgan fingerprint density at radius 3 is 2.67 bits per heavy atom. The third kappa shape index (κ3) is 6.16. The number of methoxy groups -OCH3 is 1. The second-order valence-electron chi connectivity index (χ2n) is 6.99. The number of amides is 2. The standard InChI is InChI=1S/C24H23BrN2O5S/c1-3-31-20-11-18(12-22-23(28)27(24(29)33-22)9-6-10-30-2)19(25)13-21(20)32-15-17-8-5-4-7-16(17)14-26/h4-5,7-8,11-13H,3,6,9-10,15H2,1-2H3/b22-12+. The van der Waals surface area contributed by atoms with Gasteiger partial charge >= 0.3 is 0 Å². The van der Waals surface area contributed by atoms with E-state index in [9.17, 15) is 14.9 Å². The molecule has 0 atom stereocenters. The first-order chi connectivity index (χ1) is 16.0. The summed E-state index contributed by atoms with van der Waals surface area (Å²) in [5, 5.41) is 8.99. The zero-order valence-electron chi connectivity index (χ0n) is 18.3. The van der Waals surface area contributed by atoms with Gasteiger partial charge < -0.3 is 14.2 Å². The Balaban J connectivity index is 1.83. The number of thioether (sulfide) groups is 1. The fraction of sp³-hybridized carbons (Fsp3) is 0.292. The molecule has 9 heteroatoms. The lowest BCUT2D eigenvalue weighted by Gasteiger charge is -2.15. The number of nitriles is 1. The van der Waals surface area contributed by atoms with Gasteiger partial charge in [0.2, 0.25) is 0 Å². The van der Waals surface area contributed by atoms with Crippen LogP contribution in [0.2, 0.25) is 0 Å². The lowest BCUT2D eigenvalue weighted by Crippen LogP contribution is -2.29. The summed E-state index contributed by atoms with van der Waals surface area (Å²) < 4.78 is 17.4. The van der Waals surface area contributed by atoms with Crippen LogP contribution in [0.15, 0.2) is 45.8 Å². The SMILES string of the molecule is CCOc1cc(/C=C2/SC(=O)N(CCCOC)C2=O)c(Br)cc1OCc1ccccc1C#N. The van der Waals surface area contributed by atoms with Gasteiger partial charge in [-0.2, -0.15) is 5.26 Å². The van der Waals surface area contributed by atoms with Crippen LogP contribution in [0, 0.1) is 11.3 Å². The Labute approximate surface area is 205 Å². The van der Waals surface area contributed by atoms with Crippen molar-refractivity contribution in [2.24, 2.45) is 0 Å². The van der Waals surface area contributed by atoms with Crippen molar-refractivity contribution in [1.82, 2.24) is 4.90 Å². The third-order valence-electron chi connectivity index (χ3n) is 4.77. The van der Waals surface area contributed by atoms with Crippen LogP contribution in [0.1, 0.15) is 30.0 Å². The van der Waals surface area contributed by atoms with Crippen molar-refractivity contribution in [3.05, 3.63) is 62.5 Å². The predicted octanol–water partition coefficient (Wildman–Crippen LogP) is 5.37. The van der Waals surface area contributed by atoms with E-state index >= 15 is 0 Å². The number of rotatable bonds is 10. The number of halogens is 1. The van der Waals surface area contributed by atoms with Crippen molar-refractivity contribution in [3.63, 3.8) is 0 Å². The molecule has 1 fully saturated rings. The molecule has 7 nitrogen and oxygen atoms in total. The molecular formula is C24H23BrN2O5S. The van der Waals surface area contributed by atoms with Crippen molar-refractivity contribution in [2.75, 3.05) is 26.9 Å². The van der Waals surface area contributed by atoms with Gasteiger partial charge in [-0.15, -0.1) is 0 Å². The summed E-state index contributed by atoms with van der Waals surface area (Å²) in [6, 6.07) is 12.9. The van der Waals surface area contributed by atoms with Gasteiger partial charge in [0.25, 0.3) is 11.1 Å². The van der Waals surface area contributed by atoms with Crippen LogP contribution in [0.5, 0.6) is 11.5 Å². The summed E-state index contributed by atoms with van der Waals surface area (Å²) in [5.41, 5.74) is 2.00. The largest absolute Gasteiger partial charge is 0.490 e. The van der Waals surface area contributed by atoms with E-state index in [1.165, 1.54) is 4.90 Å². The van der Waals surface area contributed by atoms with Gasteiger partial charge in [-0.25, -0.2) is 0 Å². The molecule has 0 N–H and O–H groups in total. The topological polar surface area (TPSA) is 88.9 Å². The summed E-state index contributed by atoms with van der Waals surface area (Å²) in [5.74, 6) is 0.682. The highest BCUT2D eigenvalue weighted by Crippen LogP contribution is 2.38. The average molecular weight is 531 g/mol. The van der Waals surface area contributed by atoms with E-state index in [1.807, 2.05) is 19.1 Å². The molecular weight excluding hydrogens is 508 g/mol. The Kier molecular flexibility index (Phi) is 8.95. The number of benzene rings is 2. The number of nitrogens with zero attached hydrogens (tertiary/aromatic N) is 2. The van der Waals surface area contributed by atoms with Gasteiger partial charge in [0.05, 0.1) is 23.1 Å². The van der Waals surface area contributed by atoms with Crippen LogP contribution in [-0.2, 0) is 16.1 Å². The van der Waals surface area contributed by atoms with Crippen LogP contribution in [0.4, 0.5) is 4.79 Å². The number of ether oxygens (including phenoxy) is 3. The quantitative estimate of drug-likeness (QED) is 0.301. The minimum Gasteiger partial charge on any atom is -0.490 e. The number of hydrogen-bond donors (Lipinski definition) is 0. The zero-order valence-corrected chi connectivity index (χ0v) is 20.7. The maximum Gasteiger partial charge on any atom is 0.293 e. The van der Waals surface area contributed by atoms with Crippen LogP contribution in [-0.4, -0.2) is 42.9 Å². The van der Waals surface area contributed by atoms with Crippen molar-refractivity contribution in [3.8, 4) is 17.6 Å². The highest BCUT2D eigenvalue weighted by atomic mass is 79.9. The maximum absolute atomic E-state index is 12.7. The third-order valence-corrected chi connectivity index (χ3v) is 6.37. The lowest BCUT2D eigenvalue weighted by molar-refractivity contribution is -0.122. The van der Waals surface area contributed by atoms with E-state index < -0.39 is 0 Å². The highest BCUT2D eigenvalue weighted by Gasteiger charge is 2.34. The Morgan fingerprint density at radius 2 is 1.94 bits per heavy atom. The number of carbonyl (C=O) groups excluding carboxylic acids is 2. The van der Waals surface area contributed by atoms with Gasteiger partial charge in [-0.05, 0) is 54.9 Å². The van der Waals surface area contributed by atoms with Gasteiger partial charge in [-0.1, -0.05) is 34.1 Å². The fourth-order valence-corrected chi connectivity index (χ4v) is 4.45. The van der Waals surface area contributed by atoms with E-state index in [1.54, 1.807) is 37.5 Å². The monoisotopic (exact) mass is 530 g/mol. The molecule has 33 heavy (non-hydrogen) atoms. The minimum atomic E-state index is -0.320. The molecule has 172 valence electrons. The molecule has 0 radical (unpaired) electrons. The first-order valence-electron chi connectivity index (χ1n) is 10.3. The van der Waals surface area contributed by atoms with E-state index in [2.05, 4.69) is 22.0 Å². The molecule has 0 bridgehead atoms. The maximum atomic E-state index is 12.7. The second-order valence-corrected chi connectivity index (χ2v) is 8.84. The molecule has 2 aromatic rings. The molecule has 2 amide bonds. The first kappa shape index (κ1) is 24.8. The van der Waals surface area contributed by atoms with E-state index in [-0.39, 0.29) is 17.8 Å². The van der Waals surface area contributed by atoms with Crippen LogP contribution in [0.25, 0.3) is 6.08 Å². The van der Waals surface area contributed by atoms with Crippen LogP contribution >= 0.6 is 27.7 Å². The molecule has 1 heterocycles. The molecule has 1 saturated heterocycles. The molecule has 0 aromatic heterocycles. The lowest BCUT2D eigenvalue weighted by atomic mass is 10.1. The summed E-state index contributed by atoms with van der Waals surface area (Å²) in [7, 11) is 1.58. The number of hydrogen-bond acceptors (Lipinski definition) is 7. The smallest absolute Gasteiger partial charge is 0.293 e. The fourth-order valence-electron chi connectivity index (χ4n) is 3.15. The first-order valence-corrected chi connectivity index (χ1v) is 11.9. The molecule has 0 aliphatic carbocycles. The average Bonchev–Trinajstić information content (AvgIpc) is 3.07. The number of carbonyl (C=O) groups is 2. The molecule has 1 aliphatic rings. The highest BCUT2D eigenvalue weighted by molar-refractivity contribution is 9.10. The van der Waals surface area contributed by atoms with Gasteiger partial charge in [-0.3, -0.25) is 14.5 Å². The predicted molar refractivity (Wildman–Crippen MR) is 130 cm³/mol. The molecule has 0 spiro atoms. The molecule has 0 saturated carbocycles. The van der Waals surface area contributed by atoms with Crippen molar-refractivity contribution < 1.29 is 23.8 Å². The molecule has 3 rings (SSSR count). The van der Waals surface area contributed by atoms with Crippen molar-refractivity contribution in [2.45, 2.75) is 20.0 Å². The van der Waals surface area contributed by atoms with Gasteiger partial charge in [0.15, 0.2) is 11.5 Å². The summed E-state index contributed by atoms with van der Waals surface area (Å²) in [6.07, 6.45) is 2.25. The van der Waals surface area contributed by atoms with Gasteiger partial charge in [0.1, 0.15) is 6.61 Å². The van der Waals surface area contributed by atoms with Crippen LogP contribution < -0.4 is 9.47 Å². The normalized spacial score (nSPS) is 14.6. The van der Waals surface area contributed by atoms with Gasteiger partial charge in [0, 0.05) is 30.3 Å². The number of imide groups is 1. The summed E-state index contributed by atoms with van der Waals surface area (Å²) in [4.78, 5) is 26.5. The Hall–Kier alpha value is -2.80. The zero-order chi connectivity index (χ0) is 23.8. The molecule has 1 aliphatic heterocycles. The Bertz CT molecular complexity index is 1110. The minimum absolute atomic E-state index is 0.204. The molecule has 2 aromatic carbocycles. The van der Waals surface area contributed by atoms with E-state index in [4.69, 9.17) is 14.2 Å². The van der Waals surface area contributed by atoms with E-state index in [0.717, 1.165) is 17.3 Å². The summed E-state index contributed by atoms with van der Waals surface area (Å²) in [6.45, 7) is 3.28. The van der Waals surface area contributed by atoms with Crippen molar-refractivity contribution in [1.29, 1.82) is 5.26 Å². The Morgan fingerprint density at radius 1 is 1.18 bits per heavy atom. The van der Waals surface area contributed by atoms with E-state index in [0.29, 0.717) is 58.2 Å².